The molecule has 118 valence electrons. The normalized spacial score (nSPS) is 13.6. The van der Waals surface area contributed by atoms with Gasteiger partial charge in [-0.3, -0.25) is 0 Å². The Labute approximate surface area is 128 Å². The first kappa shape index (κ1) is 16.1. The zero-order chi connectivity index (χ0) is 15.9. The largest absolute Gasteiger partial charge is 0.507 e. The molecule has 7 nitrogen and oxygen atoms in total. The van der Waals surface area contributed by atoms with E-state index in [9.17, 15) is 5.11 Å². The highest BCUT2D eigenvalue weighted by atomic mass is 16.8. The van der Waals surface area contributed by atoms with Gasteiger partial charge in [-0.2, -0.15) is 0 Å². The number of benzene rings is 1. The first-order valence-corrected chi connectivity index (χ1v) is 6.99. The van der Waals surface area contributed by atoms with Crippen LogP contribution in [0.15, 0.2) is 30.9 Å². The zero-order valence-electron chi connectivity index (χ0n) is 12.8. The third kappa shape index (κ3) is 4.37. The maximum Gasteiger partial charge on any atom is 0.199 e. The van der Waals surface area contributed by atoms with Crippen LogP contribution in [-0.4, -0.2) is 39.2 Å². The van der Waals surface area contributed by atoms with E-state index >= 15 is 0 Å². The van der Waals surface area contributed by atoms with Crippen molar-refractivity contribution in [2.24, 2.45) is 0 Å². The van der Waals surface area contributed by atoms with Crippen molar-refractivity contribution in [1.82, 2.24) is 15.0 Å². The minimum atomic E-state index is -0.510. The molecule has 2 aromatic rings. The molecular formula is C15H19N3O4. The second-order valence-corrected chi connectivity index (χ2v) is 4.49. The van der Waals surface area contributed by atoms with Crippen LogP contribution >= 0.6 is 0 Å². The predicted octanol–water partition coefficient (Wildman–Crippen LogP) is 2.37. The summed E-state index contributed by atoms with van der Waals surface area (Å²) in [6.07, 6.45) is 1.87. The summed E-state index contributed by atoms with van der Waals surface area (Å²) in [5.74, 6) is 0.897. The second kappa shape index (κ2) is 7.67. The zero-order valence-corrected chi connectivity index (χ0v) is 12.8. The van der Waals surface area contributed by atoms with Gasteiger partial charge in [-0.25, -0.2) is 15.0 Å². The molecule has 0 saturated heterocycles. The van der Waals surface area contributed by atoms with Gasteiger partial charge in [0.1, 0.15) is 24.2 Å². The van der Waals surface area contributed by atoms with Gasteiger partial charge in [0, 0.05) is 12.7 Å². The Hall–Kier alpha value is -2.25. The summed E-state index contributed by atoms with van der Waals surface area (Å²) in [5, 5.41) is 10.1. The van der Waals surface area contributed by atoms with Gasteiger partial charge in [-0.15, -0.1) is 0 Å². The molecule has 0 radical (unpaired) electrons. The van der Waals surface area contributed by atoms with E-state index in [1.165, 1.54) is 18.7 Å². The lowest BCUT2D eigenvalue weighted by Gasteiger charge is -2.20. The van der Waals surface area contributed by atoms with Crippen LogP contribution < -0.4 is 4.74 Å². The van der Waals surface area contributed by atoms with E-state index in [4.69, 9.17) is 14.2 Å². The van der Waals surface area contributed by atoms with Crippen molar-refractivity contribution in [3.63, 3.8) is 0 Å². The van der Waals surface area contributed by atoms with Crippen LogP contribution in [0.1, 0.15) is 20.8 Å². The standard InChI is InChI=1S/C15H19N3O4/c1-4-20-10(2)21-11(3)22-12-5-6-13(14(19)7-12)15-17-8-16-9-18-15/h5-11,19H,4H2,1-3H3. The summed E-state index contributed by atoms with van der Waals surface area (Å²) < 4.78 is 16.4. The highest BCUT2D eigenvalue weighted by Crippen LogP contribution is 2.30. The molecule has 7 heteroatoms. The fraction of sp³-hybridized carbons (Fsp3) is 0.400. The SMILES string of the molecule is CCOC(C)OC(C)Oc1ccc(-c2ncncn2)c(O)c1. The van der Waals surface area contributed by atoms with Gasteiger partial charge in [0.15, 0.2) is 18.4 Å². The first-order valence-electron chi connectivity index (χ1n) is 6.99. The molecule has 2 atom stereocenters. The molecule has 1 aromatic carbocycles. The molecule has 0 saturated carbocycles. The van der Waals surface area contributed by atoms with Crippen LogP contribution in [0, 0.1) is 0 Å². The van der Waals surface area contributed by atoms with Crippen LogP contribution in [0.25, 0.3) is 11.4 Å². The number of hydrogen-bond acceptors (Lipinski definition) is 7. The van der Waals surface area contributed by atoms with Crippen molar-refractivity contribution in [1.29, 1.82) is 0 Å². The molecule has 0 aliphatic heterocycles. The van der Waals surface area contributed by atoms with Crippen molar-refractivity contribution in [2.75, 3.05) is 6.61 Å². The predicted molar refractivity (Wildman–Crippen MR) is 79.2 cm³/mol. The fourth-order valence-electron chi connectivity index (χ4n) is 1.92. The number of aromatic nitrogens is 3. The molecule has 1 aromatic heterocycles. The van der Waals surface area contributed by atoms with Crippen LogP contribution in [0.2, 0.25) is 0 Å². The summed E-state index contributed by atoms with van der Waals surface area (Å²) in [5.41, 5.74) is 0.506. The molecule has 0 bridgehead atoms. The lowest BCUT2D eigenvalue weighted by Crippen LogP contribution is -2.24. The number of aromatic hydroxyl groups is 1. The van der Waals surface area contributed by atoms with Crippen molar-refractivity contribution in [2.45, 2.75) is 33.4 Å². The van der Waals surface area contributed by atoms with E-state index in [1.807, 2.05) is 6.92 Å². The lowest BCUT2D eigenvalue weighted by molar-refractivity contribution is -0.202. The number of hydrogen-bond donors (Lipinski definition) is 1. The average Bonchev–Trinajstić information content (AvgIpc) is 2.48. The van der Waals surface area contributed by atoms with Crippen LogP contribution in [0.5, 0.6) is 11.5 Å². The smallest absolute Gasteiger partial charge is 0.199 e. The summed E-state index contributed by atoms with van der Waals surface area (Å²) in [4.78, 5) is 11.7. The van der Waals surface area contributed by atoms with Gasteiger partial charge in [0.05, 0.1) is 5.56 Å². The van der Waals surface area contributed by atoms with E-state index in [0.717, 1.165) is 0 Å². The number of phenolic OH excluding ortho intramolecular Hbond substituents is 1. The molecule has 0 aliphatic rings. The maximum atomic E-state index is 10.1. The van der Waals surface area contributed by atoms with Crippen molar-refractivity contribution in [3.05, 3.63) is 30.9 Å². The second-order valence-electron chi connectivity index (χ2n) is 4.49. The average molecular weight is 305 g/mol. The van der Waals surface area contributed by atoms with E-state index in [-0.39, 0.29) is 12.0 Å². The quantitative estimate of drug-likeness (QED) is 0.786. The minimum absolute atomic E-state index is 0.0220. The summed E-state index contributed by atoms with van der Waals surface area (Å²) in [7, 11) is 0. The first-order chi connectivity index (χ1) is 10.6. The number of nitrogens with zero attached hydrogens (tertiary/aromatic N) is 3. The fourth-order valence-corrected chi connectivity index (χ4v) is 1.92. The summed E-state index contributed by atoms with van der Waals surface area (Å²) >= 11 is 0. The van der Waals surface area contributed by atoms with Gasteiger partial charge >= 0.3 is 0 Å². The van der Waals surface area contributed by atoms with E-state index in [2.05, 4.69) is 15.0 Å². The summed E-state index contributed by atoms with van der Waals surface area (Å²) in [6, 6.07) is 4.88. The Morgan fingerprint density at radius 1 is 1.14 bits per heavy atom. The Kier molecular flexibility index (Phi) is 5.62. The number of phenols is 1. The van der Waals surface area contributed by atoms with Gasteiger partial charge in [-0.1, -0.05) is 0 Å². The Morgan fingerprint density at radius 2 is 1.86 bits per heavy atom. The van der Waals surface area contributed by atoms with Gasteiger partial charge in [0.2, 0.25) is 0 Å². The number of rotatable bonds is 7. The van der Waals surface area contributed by atoms with Gasteiger partial charge < -0.3 is 19.3 Å². The van der Waals surface area contributed by atoms with E-state index in [0.29, 0.717) is 23.7 Å². The van der Waals surface area contributed by atoms with E-state index < -0.39 is 6.29 Å². The molecule has 0 fully saturated rings. The molecule has 1 heterocycles. The van der Waals surface area contributed by atoms with Crippen LogP contribution in [0.3, 0.4) is 0 Å². The molecule has 0 aliphatic carbocycles. The van der Waals surface area contributed by atoms with Crippen LogP contribution in [0.4, 0.5) is 0 Å². The molecule has 22 heavy (non-hydrogen) atoms. The highest BCUT2D eigenvalue weighted by molar-refractivity contribution is 5.64. The van der Waals surface area contributed by atoms with Gasteiger partial charge in [-0.05, 0) is 32.9 Å². The third-order valence-corrected chi connectivity index (χ3v) is 2.79. The topological polar surface area (TPSA) is 86.6 Å². The van der Waals surface area contributed by atoms with Crippen LogP contribution in [-0.2, 0) is 9.47 Å². The van der Waals surface area contributed by atoms with E-state index in [1.54, 1.807) is 26.0 Å². The van der Waals surface area contributed by atoms with Crippen molar-refractivity contribution in [3.8, 4) is 22.9 Å². The Balaban J connectivity index is 2.03. The maximum absolute atomic E-state index is 10.1. The monoisotopic (exact) mass is 305 g/mol. The molecule has 0 amide bonds. The molecule has 1 N–H and O–H groups in total. The lowest BCUT2D eigenvalue weighted by atomic mass is 10.2. The Morgan fingerprint density at radius 3 is 2.50 bits per heavy atom. The summed E-state index contributed by atoms with van der Waals surface area (Å²) in [6.45, 7) is 6.01. The van der Waals surface area contributed by atoms with Gasteiger partial charge in [0.25, 0.3) is 0 Å². The molecule has 2 unspecified atom stereocenters. The van der Waals surface area contributed by atoms with Crippen molar-refractivity contribution >= 4 is 0 Å². The number of ether oxygens (including phenoxy) is 3. The highest BCUT2D eigenvalue weighted by Gasteiger charge is 2.12. The Bertz CT molecular complexity index is 595. The third-order valence-electron chi connectivity index (χ3n) is 2.79. The molecule has 0 spiro atoms. The minimum Gasteiger partial charge on any atom is -0.507 e. The van der Waals surface area contributed by atoms with Crippen molar-refractivity contribution < 1.29 is 19.3 Å². The molecular weight excluding hydrogens is 286 g/mol. The molecule has 2 rings (SSSR count).